The van der Waals surface area contributed by atoms with Crippen LogP contribution >= 0.6 is 23.2 Å². The molecule has 1 saturated heterocycles. The highest BCUT2D eigenvalue weighted by molar-refractivity contribution is 6.31. The number of benzene rings is 3. The number of rotatable bonds is 10. The fourth-order valence-corrected chi connectivity index (χ4v) is 5.51. The summed E-state index contributed by atoms with van der Waals surface area (Å²) in [5.41, 5.74) is 3.90. The Morgan fingerprint density at radius 2 is 1.18 bits per heavy atom. The van der Waals surface area contributed by atoms with Crippen molar-refractivity contribution in [2.75, 3.05) is 6.61 Å². The fraction of sp³-hybridized carbons (Fsp3) is 0.286. The molecule has 0 unspecified atom stereocenters. The molecule has 0 amide bonds. The predicted octanol–water partition coefficient (Wildman–Crippen LogP) is 6.18. The molecule has 49 heavy (non-hydrogen) atoms. The van der Waals surface area contributed by atoms with Crippen molar-refractivity contribution in [3.63, 3.8) is 0 Å². The van der Waals surface area contributed by atoms with E-state index in [1.165, 1.54) is 6.92 Å². The van der Waals surface area contributed by atoms with Gasteiger partial charge in [-0.05, 0) is 48.5 Å². The average Bonchev–Trinajstić information content (AvgIpc) is 3.49. The molecule has 0 bridgehead atoms. The summed E-state index contributed by atoms with van der Waals surface area (Å²) in [4.78, 5) is 56.2. The van der Waals surface area contributed by atoms with Crippen LogP contribution in [0, 0.1) is 0 Å². The molecule has 0 spiro atoms. The summed E-state index contributed by atoms with van der Waals surface area (Å²) in [7, 11) is 0. The maximum atomic E-state index is 12.2. The van der Waals surface area contributed by atoms with Gasteiger partial charge in [-0.25, -0.2) is 4.98 Å². The second-order valence-electron chi connectivity index (χ2n) is 11.0. The van der Waals surface area contributed by atoms with E-state index in [0.29, 0.717) is 27.1 Å². The lowest BCUT2D eigenvalue weighted by Crippen LogP contribution is -2.63. The number of nitrogens with one attached hydrogen (secondary N) is 1. The maximum Gasteiger partial charge on any atom is 0.303 e. The number of imidazole rings is 1. The molecular formula is C35H32Cl2N2O10. The van der Waals surface area contributed by atoms with Gasteiger partial charge in [0.05, 0.1) is 11.4 Å². The van der Waals surface area contributed by atoms with Gasteiger partial charge in [0.1, 0.15) is 24.3 Å². The zero-order valence-electron chi connectivity index (χ0n) is 26.8. The second kappa shape index (κ2) is 15.5. The summed E-state index contributed by atoms with van der Waals surface area (Å²) < 4.78 is 33.7. The molecule has 1 aromatic heterocycles. The molecule has 3 aromatic carbocycles. The lowest BCUT2D eigenvalue weighted by molar-refractivity contribution is -0.288. The van der Waals surface area contributed by atoms with Crippen LogP contribution in [-0.2, 0) is 42.9 Å². The molecule has 1 aliphatic rings. The van der Waals surface area contributed by atoms with E-state index in [2.05, 4.69) is 4.98 Å². The smallest absolute Gasteiger partial charge is 0.303 e. The Labute approximate surface area is 291 Å². The van der Waals surface area contributed by atoms with Crippen LogP contribution < -0.4 is 4.74 Å². The van der Waals surface area contributed by atoms with Crippen molar-refractivity contribution in [1.29, 1.82) is 0 Å². The third kappa shape index (κ3) is 8.96. The number of halogens is 2. The number of esters is 4. The van der Waals surface area contributed by atoms with Gasteiger partial charge < -0.3 is 33.4 Å². The van der Waals surface area contributed by atoms with Crippen LogP contribution in [0.5, 0.6) is 5.75 Å². The molecule has 2 heterocycles. The number of H-pyrrole nitrogens is 1. The number of aromatic amines is 1. The Bertz CT molecular complexity index is 1750. The Hall–Kier alpha value is -4.91. The van der Waals surface area contributed by atoms with Crippen LogP contribution in [0.15, 0.2) is 72.8 Å². The number of ether oxygens (including phenoxy) is 6. The van der Waals surface area contributed by atoms with Crippen molar-refractivity contribution < 1.29 is 47.6 Å². The van der Waals surface area contributed by atoms with Gasteiger partial charge in [-0.15, -0.1) is 0 Å². The Kier molecular flexibility index (Phi) is 11.2. The summed E-state index contributed by atoms with van der Waals surface area (Å²) in [6.07, 6.45) is -6.54. The second-order valence-corrected chi connectivity index (χ2v) is 11.9. The van der Waals surface area contributed by atoms with Crippen LogP contribution in [0.4, 0.5) is 0 Å². The quantitative estimate of drug-likeness (QED) is 0.148. The highest BCUT2D eigenvalue weighted by atomic mass is 35.5. The SMILES string of the molecule is CC(=O)OC[C@H]1O[C@@H](Oc2ccc(-c3nc(-c4ccc(Cl)cc4)c(-c4ccc(Cl)cc4)[nH]3)cc2)[C@H](OC(C)=O)[C@@H](OC(C)=O)[C@@H]1OC(C)=O. The first-order chi connectivity index (χ1) is 23.4. The van der Waals surface area contributed by atoms with Crippen molar-refractivity contribution in [2.24, 2.45) is 0 Å². The van der Waals surface area contributed by atoms with E-state index < -0.39 is 54.6 Å². The monoisotopic (exact) mass is 710 g/mol. The van der Waals surface area contributed by atoms with E-state index >= 15 is 0 Å². The molecule has 1 fully saturated rings. The molecule has 12 nitrogen and oxygen atoms in total. The van der Waals surface area contributed by atoms with Crippen molar-refractivity contribution in [2.45, 2.75) is 58.4 Å². The Morgan fingerprint density at radius 1 is 0.673 bits per heavy atom. The standard InChI is InChI=1S/C35H32Cl2N2O10/c1-18(40)44-17-28-31(45-19(2)41)32(46-20(3)42)33(47-21(4)43)35(49-28)48-27-15-9-24(10-16-27)34-38-29(22-5-11-25(36)12-6-22)30(39-34)23-7-13-26(37)14-8-23/h5-16,28,31-33,35H,17H2,1-4H3,(H,38,39)/t28-,31-,32+,33-,35-/m1/s1. The van der Waals surface area contributed by atoms with Crippen molar-refractivity contribution >= 4 is 47.1 Å². The highest BCUT2D eigenvalue weighted by Crippen LogP contribution is 2.35. The first-order valence-electron chi connectivity index (χ1n) is 15.1. The molecule has 14 heteroatoms. The molecule has 4 aromatic rings. The Balaban J connectivity index is 1.46. The topological polar surface area (TPSA) is 152 Å². The van der Waals surface area contributed by atoms with Crippen LogP contribution in [-0.4, -0.2) is 71.2 Å². The largest absolute Gasteiger partial charge is 0.463 e. The van der Waals surface area contributed by atoms with Crippen molar-refractivity contribution in [3.05, 3.63) is 82.8 Å². The number of carbonyl (C=O) groups is 4. The zero-order valence-corrected chi connectivity index (χ0v) is 28.3. The summed E-state index contributed by atoms with van der Waals surface area (Å²) in [5.74, 6) is -1.99. The van der Waals surface area contributed by atoms with Gasteiger partial charge in [0, 0.05) is 54.4 Å². The summed E-state index contributed by atoms with van der Waals surface area (Å²) in [6, 6.07) is 21.5. The molecule has 0 radical (unpaired) electrons. The van der Waals surface area contributed by atoms with Crippen LogP contribution in [0.1, 0.15) is 27.7 Å². The molecular weight excluding hydrogens is 679 g/mol. The highest BCUT2D eigenvalue weighted by Gasteiger charge is 2.53. The maximum absolute atomic E-state index is 12.2. The lowest BCUT2D eigenvalue weighted by atomic mass is 9.98. The van der Waals surface area contributed by atoms with Crippen LogP contribution in [0.3, 0.4) is 0 Å². The summed E-state index contributed by atoms with van der Waals surface area (Å²) >= 11 is 12.3. The third-order valence-corrected chi connectivity index (χ3v) is 7.79. The van der Waals surface area contributed by atoms with E-state index in [9.17, 15) is 19.2 Å². The molecule has 1 N–H and O–H groups in total. The Morgan fingerprint density at radius 3 is 1.73 bits per heavy atom. The van der Waals surface area contributed by atoms with Gasteiger partial charge in [-0.3, -0.25) is 19.2 Å². The first kappa shape index (κ1) is 35.4. The van der Waals surface area contributed by atoms with E-state index in [1.54, 1.807) is 48.5 Å². The minimum absolute atomic E-state index is 0.284. The lowest BCUT2D eigenvalue weighted by Gasteiger charge is -2.43. The number of carbonyl (C=O) groups excluding carboxylic acids is 4. The van der Waals surface area contributed by atoms with Crippen molar-refractivity contribution in [1.82, 2.24) is 9.97 Å². The normalized spacial score (nSPS) is 20.2. The van der Waals surface area contributed by atoms with E-state index in [4.69, 9.17) is 56.6 Å². The van der Waals surface area contributed by atoms with E-state index in [0.717, 1.165) is 37.6 Å². The molecule has 0 saturated carbocycles. The molecule has 5 atom stereocenters. The first-order valence-corrected chi connectivity index (χ1v) is 15.8. The summed E-state index contributed by atoms with van der Waals surface area (Å²) in [6.45, 7) is 4.27. The number of nitrogens with zero attached hydrogens (tertiary/aromatic N) is 1. The fourth-order valence-electron chi connectivity index (χ4n) is 5.26. The molecule has 0 aliphatic carbocycles. The van der Waals surface area contributed by atoms with Gasteiger partial charge in [0.15, 0.2) is 12.2 Å². The molecule has 5 rings (SSSR count). The van der Waals surface area contributed by atoms with Gasteiger partial charge >= 0.3 is 23.9 Å². The van der Waals surface area contributed by atoms with Crippen molar-refractivity contribution in [3.8, 4) is 39.7 Å². The number of aromatic nitrogens is 2. The minimum Gasteiger partial charge on any atom is -0.463 e. The third-order valence-electron chi connectivity index (χ3n) is 7.28. The van der Waals surface area contributed by atoms with Crippen LogP contribution in [0.25, 0.3) is 33.9 Å². The molecule has 1 aliphatic heterocycles. The van der Waals surface area contributed by atoms with E-state index in [1.807, 2.05) is 24.3 Å². The van der Waals surface area contributed by atoms with Gasteiger partial charge in [-0.2, -0.15) is 0 Å². The van der Waals surface area contributed by atoms with Crippen LogP contribution in [0.2, 0.25) is 10.0 Å². The molecule has 256 valence electrons. The number of hydrogen-bond acceptors (Lipinski definition) is 11. The zero-order chi connectivity index (χ0) is 35.2. The predicted molar refractivity (Wildman–Crippen MR) is 177 cm³/mol. The van der Waals surface area contributed by atoms with Gasteiger partial charge in [0.2, 0.25) is 12.4 Å². The van der Waals surface area contributed by atoms with E-state index in [-0.39, 0.29) is 12.4 Å². The van der Waals surface area contributed by atoms with Gasteiger partial charge in [0.25, 0.3) is 0 Å². The summed E-state index contributed by atoms with van der Waals surface area (Å²) in [5, 5.41) is 1.20. The average molecular weight is 712 g/mol. The minimum atomic E-state index is -1.37. The van der Waals surface area contributed by atoms with Gasteiger partial charge in [-0.1, -0.05) is 47.5 Å². The number of hydrogen-bond donors (Lipinski definition) is 1.